The number of hydrogen-bond donors (Lipinski definition) is 0. The van der Waals surface area contributed by atoms with Crippen LogP contribution in [0.5, 0.6) is 0 Å². The quantitative estimate of drug-likeness (QED) is 0.316. The number of rotatable bonds is 6. The lowest BCUT2D eigenvalue weighted by Crippen LogP contribution is -2.27. The van der Waals surface area contributed by atoms with E-state index in [1.165, 1.54) is 0 Å². The van der Waals surface area contributed by atoms with Crippen molar-refractivity contribution in [2.75, 3.05) is 6.61 Å². The number of amides is 1. The Labute approximate surface area is 196 Å². The van der Waals surface area contributed by atoms with E-state index >= 15 is 0 Å². The molecule has 0 aliphatic carbocycles. The van der Waals surface area contributed by atoms with E-state index in [2.05, 4.69) is 0 Å². The molecule has 0 N–H and O–H groups in total. The highest BCUT2D eigenvalue weighted by Crippen LogP contribution is 2.46. The number of halogens is 1. The molecule has 1 aliphatic heterocycles. The van der Waals surface area contributed by atoms with Crippen molar-refractivity contribution in [3.05, 3.63) is 111 Å². The molecule has 0 aromatic heterocycles. The van der Waals surface area contributed by atoms with Gasteiger partial charge in [0.25, 0.3) is 5.91 Å². The molecule has 32 heavy (non-hydrogen) atoms. The Morgan fingerprint density at radius 3 is 2.38 bits per heavy atom. The molecule has 1 heterocycles. The number of ether oxygens (including phenoxy) is 1. The minimum atomic E-state index is -0.345. The highest BCUT2D eigenvalue weighted by molar-refractivity contribution is 8.04. The molecule has 4 rings (SSSR count). The summed E-state index contributed by atoms with van der Waals surface area (Å²) in [6.45, 7) is 2.55. The first-order valence-electron chi connectivity index (χ1n) is 10.3. The maximum atomic E-state index is 13.4. The molecule has 1 unspecified atom stereocenters. The number of hydrogen-bond acceptors (Lipinski definition) is 4. The third kappa shape index (κ3) is 5.06. The van der Waals surface area contributed by atoms with Gasteiger partial charge in [-0.25, -0.2) is 4.79 Å². The van der Waals surface area contributed by atoms with Crippen LogP contribution in [0.2, 0.25) is 5.02 Å². The van der Waals surface area contributed by atoms with E-state index in [4.69, 9.17) is 16.3 Å². The molecule has 0 radical (unpaired) electrons. The van der Waals surface area contributed by atoms with Crippen molar-refractivity contribution in [1.29, 1.82) is 0 Å². The summed E-state index contributed by atoms with van der Waals surface area (Å²) < 4.78 is 5.05. The first-order valence-corrected chi connectivity index (χ1v) is 11.6. The fourth-order valence-corrected chi connectivity index (χ4v) is 4.85. The minimum Gasteiger partial charge on any atom is -0.462 e. The van der Waals surface area contributed by atoms with Crippen LogP contribution in [0.15, 0.2) is 83.8 Å². The van der Waals surface area contributed by atoms with Gasteiger partial charge in [0.15, 0.2) is 0 Å². The van der Waals surface area contributed by atoms with E-state index in [1.807, 2.05) is 77.7 Å². The minimum absolute atomic E-state index is 0.0201. The molecule has 1 saturated heterocycles. The van der Waals surface area contributed by atoms with Gasteiger partial charge in [0.2, 0.25) is 0 Å². The van der Waals surface area contributed by atoms with Crippen molar-refractivity contribution in [2.24, 2.45) is 0 Å². The molecular formula is C26H22ClNO3S. The van der Waals surface area contributed by atoms with Gasteiger partial charge in [-0.2, -0.15) is 0 Å². The molecule has 0 saturated carbocycles. The molecule has 0 spiro atoms. The van der Waals surface area contributed by atoms with E-state index < -0.39 is 0 Å². The summed E-state index contributed by atoms with van der Waals surface area (Å²) in [4.78, 5) is 27.8. The molecule has 1 amide bonds. The lowest BCUT2D eigenvalue weighted by atomic mass is 10.1. The molecule has 3 aromatic carbocycles. The number of carbonyl (C=O) groups excluding carboxylic acids is 2. The number of thioether (sulfide) groups is 1. The Kier molecular flexibility index (Phi) is 6.98. The highest BCUT2D eigenvalue weighted by Gasteiger charge is 2.37. The van der Waals surface area contributed by atoms with E-state index in [0.717, 1.165) is 16.7 Å². The number of benzene rings is 3. The van der Waals surface area contributed by atoms with Gasteiger partial charge in [-0.1, -0.05) is 78.0 Å². The van der Waals surface area contributed by atoms with Gasteiger partial charge in [0.1, 0.15) is 5.37 Å². The Balaban J connectivity index is 1.61. The molecule has 1 atom stereocenters. The predicted molar refractivity (Wildman–Crippen MR) is 129 cm³/mol. The van der Waals surface area contributed by atoms with Crippen molar-refractivity contribution in [3.63, 3.8) is 0 Å². The van der Waals surface area contributed by atoms with E-state index in [1.54, 1.807) is 30.8 Å². The number of nitrogens with zero attached hydrogens (tertiary/aromatic N) is 1. The maximum Gasteiger partial charge on any atom is 0.338 e. The van der Waals surface area contributed by atoms with Gasteiger partial charge in [0, 0.05) is 11.6 Å². The Bertz CT molecular complexity index is 1130. The lowest BCUT2D eigenvalue weighted by molar-refractivity contribution is -0.126. The van der Waals surface area contributed by atoms with Crippen molar-refractivity contribution >= 4 is 41.3 Å². The first-order chi connectivity index (χ1) is 15.5. The summed E-state index contributed by atoms with van der Waals surface area (Å²) in [5.74, 6) is -0.365. The van der Waals surface area contributed by atoms with E-state index in [9.17, 15) is 9.59 Å². The van der Waals surface area contributed by atoms with Crippen LogP contribution >= 0.6 is 23.4 Å². The second-order valence-corrected chi connectivity index (χ2v) is 8.85. The van der Waals surface area contributed by atoms with Crippen molar-refractivity contribution in [3.8, 4) is 0 Å². The molecule has 4 nitrogen and oxygen atoms in total. The van der Waals surface area contributed by atoms with Gasteiger partial charge in [-0.15, -0.1) is 0 Å². The highest BCUT2D eigenvalue weighted by atomic mass is 35.5. The summed E-state index contributed by atoms with van der Waals surface area (Å²) in [5, 5.41) is 0.527. The SMILES string of the molecule is CCOC(=O)c1ccc(CN2C(=O)/C(=C/c3ccc(Cl)cc3)SC2c2ccccc2)cc1. The Morgan fingerprint density at radius 1 is 1.03 bits per heavy atom. The third-order valence-electron chi connectivity index (χ3n) is 5.06. The third-order valence-corrected chi connectivity index (χ3v) is 6.61. The normalized spacial score (nSPS) is 17.1. The molecule has 6 heteroatoms. The van der Waals surface area contributed by atoms with Gasteiger partial charge in [-0.05, 0) is 54.0 Å². The first kappa shape index (κ1) is 22.2. The van der Waals surface area contributed by atoms with Crippen LogP contribution in [0, 0.1) is 0 Å². The summed E-state index contributed by atoms with van der Waals surface area (Å²) >= 11 is 7.54. The second kappa shape index (κ2) is 10.1. The number of esters is 1. The van der Waals surface area contributed by atoms with E-state index in [0.29, 0.717) is 28.6 Å². The van der Waals surface area contributed by atoms with Crippen LogP contribution in [0.3, 0.4) is 0 Å². The number of carbonyl (C=O) groups is 2. The van der Waals surface area contributed by atoms with Crippen LogP contribution in [0.1, 0.15) is 39.3 Å². The molecule has 1 fully saturated rings. The largest absolute Gasteiger partial charge is 0.462 e. The van der Waals surface area contributed by atoms with Gasteiger partial charge in [-0.3, -0.25) is 4.79 Å². The van der Waals surface area contributed by atoms with Crippen molar-refractivity contribution in [2.45, 2.75) is 18.8 Å². The molecule has 0 bridgehead atoms. The second-order valence-electron chi connectivity index (χ2n) is 7.29. The smallest absolute Gasteiger partial charge is 0.338 e. The van der Waals surface area contributed by atoms with Crippen LogP contribution in [-0.4, -0.2) is 23.4 Å². The van der Waals surface area contributed by atoms with Crippen LogP contribution in [0.4, 0.5) is 0 Å². The molecule has 1 aliphatic rings. The average molecular weight is 464 g/mol. The molecule has 3 aromatic rings. The summed E-state index contributed by atoms with van der Waals surface area (Å²) in [7, 11) is 0. The molecule has 162 valence electrons. The van der Waals surface area contributed by atoms with E-state index in [-0.39, 0.29) is 17.3 Å². The van der Waals surface area contributed by atoms with Crippen LogP contribution < -0.4 is 0 Å². The summed E-state index contributed by atoms with van der Waals surface area (Å²) in [5.41, 5.74) is 3.44. The Morgan fingerprint density at radius 2 is 1.72 bits per heavy atom. The zero-order chi connectivity index (χ0) is 22.5. The summed E-state index contributed by atoms with van der Waals surface area (Å²) in [6, 6.07) is 24.6. The lowest BCUT2D eigenvalue weighted by Gasteiger charge is -2.24. The average Bonchev–Trinajstić information content (AvgIpc) is 3.11. The Hall–Kier alpha value is -3.02. The van der Waals surface area contributed by atoms with Gasteiger partial charge < -0.3 is 9.64 Å². The molecular weight excluding hydrogens is 442 g/mol. The van der Waals surface area contributed by atoms with Gasteiger partial charge >= 0.3 is 5.97 Å². The standard InChI is InChI=1S/C26H22ClNO3S/c1-2-31-26(30)21-12-8-19(9-13-21)17-28-24(29)23(16-18-10-14-22(27)15-11-18)32-25(28)20-6-4-3-5-7-20/h3-16,25H,2,17H2,1H3/b23-16-. The fourth-order valence-electron chi connectivity index (χ4n) is 3.47. The summed E-state index contributed by atoms with van der Waals surface area (Å²) in [6.07, 6.45) is 1.91. The predicted octanol–water partition coefficient (Wildman–Crippen LogP) is 6.33. The van der Waals surface area contributed by atoms with Crippen LogP contribution in [-0.2, 0) is 16.1 Å². The monoisotopic (exact) mass is 463 g/mol. The van der Waals surface area contributed by atoms with Gasteiger partial charge in [0.05, 0.1) is 17.1 Å². The van der Waals surface area contributed by atoms with Crippen LogP contribution in [0.25, 0.3) is 6.08 Å². The fraction of sp³-hybridized carbons (Fsp3) is 0.154. The van der Waals surface area contributed by atoms with Crippen molar-refractivity contribution < 1.29 is 14.3 Å². The topological polar surface area (TPSA) is 46.6 Å². The maximum absolute atomic E-state index is 13.4. The zero-order valence-corrected chi connectivity index (χ0v) is 19.1. The zero-order valence-electron chi connectivity index (χ0n) is 17.5. The van der Waals surface area contributed by atoms with Crippen molar-refractivity contribution in [1.82, 2.24) is 4.90 Å².